The minimum absolute atomic E-state index is 0.0355. The summed E-state index contributed by atoms with van der Waals surface area (Å²) in [5, 5.41) is 0. The molecule has 0 fully saturated rings. The molecular weight excluding hydrogens is 930 g/mol. The Labute approximate surface area is 418 Å². The van der Waals surface area contributed by atoms with Gasteiger partial charge in [0.15, 0.2) is 6.10 Å². The van der Waals surface area contributed by atoms with Crippen LogP contribution in [0.15, 0.2) is 164 Å². The third-order valence-corrected chi connectivity index (χ3v) is 9.52. The van der Waals surface area contributed by atoms with E-state index in [0.717, 1.165) is 17.2 Å². The van der Waals surface area contributed by atoms with Gasteiger partial charge < -0.3 is 38.1 Å². The average Bonchev–Trinajstić information content (AvgIpc) is 3.34. The van der Waals surface area contributed by atoms with Crippen molar-refractivity contribution in [3.8, 4) is 39.5 Å². The van der Waals surface area contributed by atoms with Crippen molar-refractivity contribution >= 4 is 41.7 Å². The van der Waals surface area contributed by atoms with Gasteiger partial charge in [-0.3, -0.25) is 4.79 Å². The first-order chi connectivity index (χ1) is 34.0. The van der Waals surface area contributed by atoms with Gasteiger partial charge in [0.25, 0.3) is 5.91 Å². The van der Waals surface area contributed by atoms with Crippen LogP contribution in [0.1, 0.15) is 51.9 Å². The molecule has 0 N–H and O–H groups in total. The highest BCUT2D eigenvalue weighted by Gasteiger charge is 2.20. The lowest BCUT2D eigenvalue weighted by Crippen LogP contribution is -2.37. The summed E-state index contributed by atoms with van der Waals surface area (Å²) in [6.45, 7) is 30.1. The molecule has 0 aliphatic rings. The number of ether oxygens (including phenoxy) is 7. The Kier molecular flexibility index (Phi) is 22.5. The summed E-state index contributed by atoms with van der Waals surface area (Å²) in [4.78, 5) is 84.7. The lowest BCUT2D eigenvalue weighted by molar-refractivity contribution is -0.146. The van der Waals surface area contributed by atoms with Crippen LogP contribution in [0.5, 0.6) is 17.2 Å². The Hall–Kier alpha value is -8.66. The molecular formula is C56H58FNO14. The molecule has 0 unspecified atom stereocenters. The van der Waals surface area contributed by atoms with Gasteiger partial charge in [0.1, 0.15) is 49.5 Å². The van der Waals surface area contributed by atoms with Crippen molar-refractivity contribution in [1.82, 2.24) is 4.90 Å². The number of halogens is 1. The minimum atomic E-state index is -0.800. The summed E-state index contributed by atoms with van der Waals surface area (Å²) in [5.41, 5.74) is 4.42. The van der Waals surface area contributed by atoms with E-state index in [9.17, 15) is 38.0 Å². The van der Waals surface area contributed by atoms with E-state index in [0.29, 0.717) is 28.2 Å². The summed E-state index contributed by atoms with van der Waals surface area (Å²) >= 11 is 0. The van der Waals surface area contributed by atoms with Crippen LogP contribution >= 0.6 is 0 Å². The molecule has 0 atom stereocenters. The zero-order chi connectivity index (χ0) is 53.7. The van der Waals surface area contributed by atoms with E-state index in [1.165, 1.54) is 51.7 Å². The lowest BCUT2D eigenvalue weighted by Gasteiger charge is -2.23. The second-order valence-corrected chi connectivity index (χ2v) is 16.2. The standard InChI is InChI=1S/C29H31NO7.C27H27FO7/c1-19(2)27(32)35-17-15-30(16-18-36-28(33)20(3)4)26(31)24-9-7-22(8-10-24)23-11-13-25(14-12-23)37-29(34)21(5)6;1-16(2)25(29)32-14-22(15-33-26(30)17(3)4)34-20-9-7-19(8-10-20)23-12-11-21(13-24(23)28)35-27(31)18(5)6/h7-14H,1,3,5,15-18H2,2,4,6H3;7-13,22H,1,3,5,14-15H2,2,4,6H3. The van der Waals surface area contributed by atoms with Crippen molar-refractivity contribution in [3.05, 3.63) is 175 Å². The fraction of sp³-hybridized carbons (Fsp3) is 0.232. The Bertz CT molecular complexity index is 2660. The first-order valence-corrected chi connectivity index (χ1v) is 22.1. The number of hydrogen-bond donors (Lipinski definition) is 0. The zero-order valence-electron chi connectivity index (χ0n) is 41.3. The van der Waals surface area contributed by atoms with Gasteiger partial charge in [-0.1, -0.05) is 75.9 Å². The number of benzene rings is 4. The van der Waals surface area contributed by atoms with Gasteiger partial charge in [0.2, 0.25) is 0 Å². The van der Waals surface area contributed by atoms with Crippen LogP contribution in [0.25, 0.3) is 22.3 Å². The van der Waals surface area contributed by atoms with Gasteiger partial charge in [-0.2, -0.15) is 0 Å². The third-order valence-electron chi connectivity index (χ3n) is 9.52. The molecule has 0 saturated carbocycles. The van der Waals surface area contributed by atoms with E-state index in [4.69, 9.17) is 33.2 Å². The smallest absolute Gasteiger partial charge is 0.338 e. The van der Waals surface area contributed by atoms with E-state index in [2.05, 4.69) is 39.5 Å². The minimum Gasteiger partial charge on any atom is -0.483 e. The summed E-state index contributed by atoms with van der Waals surface area (Å²) in [6.07, 6.45) is -0.800. The fourth-order valence-corrected chi connectivity index (χ4v) is 5.55. The van der Waals surface area contributed by atoms with E-state index < -0.39 is 47.7 Å². The SMILES string of the molecule is C=C(C)C(=O)OCC(COC(=O)C(=C)C)Oc1ccc(-c2ccc(OC(=O)C(=C)C)cc2F)cc1.C=C(C)C(=O)OCCN(CCOC(=O)C(=C)C)C(=O)c1ccc(-c2ccc(OC(=O)C(=C)C)cc2)cc1. The Balaban J connectivity index is 0.000000381. The van der Waals surface area contributed by atoms with Crippen LogP contribution < -0.4 is 14.2 Å². The van der Waals surface area contributed by atoms with Gasteiger partial charge in [0.05, 0.1) is 13.1 Å². The molecule has 1 amide bonds. The van der Waals surface area contributed by atoms with Crippen LogP contribution in [0, 0.1) is 5.82 Å². The monoisotopic (exact) mass is 987 g/mol. The van der Waals surface area contributed by atoms with Gasteiger partial charge in [-0.15, -0.1) is 0 Å². The van der Waals surface area contributed by atoms with Crippen LogP contribution in [0.4, 0.5) is 4.39 Å². The Morgan fingerprint density at radius 3 is 1.24 bits per heavy atom. The Morgan fingerprint density at radius 2 is 0.819 bits per heavy atom. The van der Waals surface area contributed by atoms with Crippen molar-refractivity contribution in [3.63, 3.8) is 0 Å². The average molecular weight is 988 g/mol. The molecule has 0 spiro atoms. The van der Waals surface area contributed by atoms with Crippen LogP contribution in [-0.2, 0) is 47.7 Å². The predicted molar refractivity (Wildman–Crippen MR) is 268 cm³/mol. The van der Waals surface area contributed by atoms with Crippen LogP contribution in [0.2, 0.25) is 0 Å². The number of carbonyl (C=O) groups is 7. The molecule has 378 valence electrons. The molecule has 0 bridgehead atoms. The molecule has 4 rings (SSSR count). The molecule has 0 aliphatic heterocycles. The maximum absolute atomic E-state index is 14.6. The number of rotatable bonds is 23. The van der Waals surface area contributed by atoms with Crippen molar-refractivity contribution in [2.75, 3.05) is 39.5 Å². The van der Waals surface area contributed by atoms with Gasteiger partial charge in [-0.25, -0.2) is 33.2 Å². The number of nitrogens with zero attached hydrogens (tertiary/aromatic N) is 1. The summed E-state index contributed by atoms with van der Waals surface area (Å²) in [5.74, 6) is -3.50. The second-order valence-electron chi connectivity index (χ2n) is 16.2. The largest absolute Gasteiger partial charge is 0.483 e. The van der Waals surface area contributed by atoms with Gasteiger partial charge in [0, 0.05) is 50.6 Å². The topological polar surface area (TPSA) is 187 Å². The highest BCUT2D eigenvalue weighted by molar-refractivity contribution is 5.95. The molecule has 0 heterocycles. The third kappa shape index (κ3) is 19.0. The normalized spacial score (nSPS) is 10.2. The maximum Gasteiger partial charge on any atom is 0.338 e. The lowest BCUT2D eigenvalue weighted by atomic mass is 10.0. The predicted octanol–water partition coefficient (Wildman–Crippen LogP) is 9.48. The van der Waals surface area contributed by atoms with E-state index in [1.54, 1.807) is 79.7 Å². The molecule has 0 aromatic heterocycles. The van der Waals surface area contributed by atoms with Crippen molar-refractivity contribution in [1.29, 1.82) is 0 Å². The highest BCUT2D eigenvalue weighted by Crippen LogP contribution is 2.29. The van der Waals surface area contributed by atoms with Crippen molar-refractivity contribution in [2.24, 2.45) is 0 Å². The van der Waals surface area contributed by atoms with Gasteiger partial charge in [-0.05, 0) is 107 Å². The molecule has 0 aliphatic carbocycles. The fourth-order valence-electron chi connectivity index (χ4n) is 5.55. The quantitative estimate of drug-likeness (QED) is 0.0296. The number of amides is 1. The molecule has 0 radical (unpaired) electrons. The van der Waals surface area contributed by atoms with Crippen LogP contribution in [0.3, 0.4) is 0 Å². The number of carbonyl (C=O) groups excluding carboxylic acids is 7. The summed E-state index contributed by atoms with van der Waals surface area (Å²) < 4.78 is 51.2. The summed E-state index contributed by atoms with van der Waals surface area (Å²) in [7, 11) is 0. The van der Waals surface area contributed by atoms with Gasteiger partial charge >= 0.3 is 35.8 Å². The number of esters is 6. The van der Waals surface area contributed by atoms with E-state index in [1.807, 2.05) is 0 Å². The van der Waals surface area contributed by atoms with Crippen LogP contribution in [-0.4, -0.2) is 92.2 Å². The molecule has 15 nitrogen and oxygen atoms in total. The second kappa shape index (κ2) is 28.1. The number of hydrogen-bond acceptors (Lipinski definition) is 14. The van der Waals surface area contributed by atoms with E-state index in [-0.39, 0.29) is 84.6 Å². The zero-order valence-corrected chi connectivity index (χ0v) is 41.3. The van der Waals surface area contributed by atoms with Crippen molar-refractivity contribution in [2.45, 2.75) is 47.6 Å². The maximum atomic E-state index is 14.6. The molecule has 72 heavy (non-hydrogen) atoms. The molecule has 4 aromatic carbocycles. The first kappa shape index (κ1) is 57.7. The first-order valence-electron chi connectivity index (χ1n) is 22.1. The highest BCUT2D eigenvalue weighted by atomic mass is 19.1. The summed E-state index contributed by atoms with van der Waals surface area (Å²) in [6, 6.07) is 24.4. The van der Waals surface area contributed by atoms with Crippen molar-refractivity contribution < 1.29 is 71.1 Å². The Morgan fingerprint density at radius 1 is 0.458 bits per heavy atom. The molecule has 0 saturated heterocycles. The molecule has 16 heteroatoms. The van der Waals surface area contributed by atoms with E-state index >= 15 is 0 Å². The molecule has 4 aromatic rings.